The van der Waals surface area contributed by atoms with Gasteiger partial charge in [-0.3, -0.25) is 0 Å². The summed E-state index contributed by atoms with van der Waals surface area (Å²) in [5, 5.41) is 13.7. The molecule has 98 valence electrons. The number of nitrogens with one attached hydrogen (secondary N) is 1. The second-order valence-electron chi connectivity index (χ2n) is 4.56. The topological polar surface area (TPSA) is 32.3 Å². The molecular formula is C18H15NO. The summed E-state index contributed by atoms with van der Waals surface area (Å²) in [7, 11) is 0. The van der Waals surface area contributed by atoms with Crippen molar-refractivity contribution in [3.05, 3.63) is 78.9 Å². The average molecular weight is 261 g/mol. The van der Waals surface area contributed by atoms with E-state index in [1.165, 1.54) is 0 Å². The van der Waals surface area contributed by atoms with Crippen molar-refractivity contribution in [1.29, 1.82) is 0 Å². The first kappa shape index (κ1) is 12.3. The van der Waals surface area contributed by atoms with Crippen LogP contribution < -0.4 is 5.32 Å². The van der Waals surface area contributed by atoms with E-state index in [1.807, 2.05) is 78.9 Å². The third-order valence-corrected chi connectivity index (χ3v) is 3.17. The third-order valence-electron chi connectivity index (χ3n) is 3.17. The SMILES string of the molecule is Oc1c(Nc2ccccc2)cccc1-c1ccccc1. The maximum absolute atomic E-state index is 10.4. The monoisotopic (exact) mass is 261 g/mol. The number of phenolic OH excluding ortho intramolecular Hbond substituents is 1. The van der Waals surface area contributed by atoms with Crippen molar-refractivity contribution in [1.82, 2.24) is 0 Å². The molecule has 0 heterocycles. The minimum atomic E-state index is 0.266. The number of aromatic hydroxyl groups is 1. The Balaban J connectivity index is 1.98. The number of hydrogen-bond donors (Lipinski definition) is 2. The lowest BCUT2D eigenvalue weighted by molar-refractivity contribution is 0.480. The molecule has 2 nitrogen and oxygen atoms in total. The third kappa shape index (κ3) is 2.50. The quantitative estimate of drug-likeness (QED) is 0.663. The average Bonchev–Trinajstić information content (AvgIpc) is 2.51. The summed E-state index contributed by atoms with van der Waals surface area (Å²) in [6.07, 6.45) is 0. The summed E-state index contributed by atoms with van der Waals surface area (Å²) in [6, 6.07) is 25.4. The van der Waals surface area contributed by atoms with Crippen molar-refractivity contribution in [2.45, 2.75) is 0 Å². The molecule has 0 aromatic heterocycles. The fraction of sp³-hybridized carbons (Fsp3) is 0. The van der Waals surface area contributed by atoms with E-state index in [9.17, 15) is 5.11 Å². The number of para-hydroxylation sites is 2. The molecule has 0 unspecified atom stereocenters. The van der Waals surface area contributed by atoms with Crippen LogP contribution in [0.3, 0.4) is 0 Å². The molecule has 0 fully saturated rings. The van der Waals surface area contributed by atoms with Crippen LogP contribution in [0.25, 0.3) is 11.1 Å². The van der Waals surface area contributed by atoms with E-state index in [-0.39, 0.29) is 5.75 Å². The molecule has 0 amide bonds. The van der Waals surface area contributed by atoms with Crippen LogP contribution in [-0.4, -0.2) is 5.11 Å². The Hall–Kier alpha value is -2.74. The van der Waals surface area contributed by atoms with Crippen LogP contribution in [0, 0.1) is 0 Å². The first-order chi connectivity index (χ1) is 9.84. The minimum absolute atomic E-state index is 0.266. The number of phenols is 1. The van der Waals surface area contributed by atoms with Crippen molar-refractivity contribution in [3.63, 3.8) is 0 Å². The highest BCUT2D eigenvalue weighted by Crippen LogP contribution is 2.36. The second-order valence-corrected chi connectivity index (χ2v) is 4.56. The predicted molar refractivity (Wildman–Crippen MR) is 83.3 cm³/mol. The molecule has 3 aromatic rings. The Morgan fingerprint density at radius 1 is 0.650 bits per heavy atom. The van der Waals surface area contributed by atoms with E-state index < -0.39 is 0 Å². The normalized spacial score (nSPS) is 10.2. The first-order valence-electron chi connectivity index (χ1n) is 6.54. The van der Waals surface area contributed by atoms with Gasteiger partial charge in [0.15, 0.2) is 0 Å². The lowest BCUT2D eigenvalue weighted by Crippen LogP contribution is -1.91. The molecule has 3 aromatic carbocycles. The maximum Gasteiger partial charge on any atom is 0.146 e. The van der Waals surface area contributed by atoms with Gasteiger partial charge in [-0.2, -0.15) is 0 Å². The summed E-state index contributed by atoms with van der Waals surface area (Å²) in [5.74, 6) is 0.266. The van der Waals surface area contributed by atoms with Crippen LogP contribution in [0.4, 0.5) is 11.4 Å². The van der Waals surface area contributed by atoms with Gasteiger partial charge in [-0.1, -0.05) is 60.7 Å². The summed E-state index contributed by atoms with van der Waals surface area (Å²) in [4.78, 5) is 0. The zero-order valence-electron chi connectivity index (χ0n) is 11.0. The van der Waals surface area contributed by atoms with E-state index in [0.29, 0.717) is 5.69 Å². The summed E-state index contributed by atoms with van der Waals surface area (Å²) in [5.41, 5.74) is 3.49. The van der Waals surface area contributed by atoms with E-state index in [0.717, 1.165) is 16.8 Å². The summed E-state index contributed by atoms with van der Waals surface area (Å²) in [6.45, 7) is 0. The molecule has 0 radical (unpaired) electrons. The van der Waals surface area contributed by atoms with Crippen molar-refractivity contribution in [3.8, 4) is 16.9 Å². The molecular weight excluding hydrogens is 246 g/mol. The summed E-state index contributed by atoms with van der Waals surface area (Å²) >= 11 is 0. The second kappa shape index (κ2) is 5.49. The molecule has 0 aliphatic heterocycles. The minimum Gasteiger partial charge on any atom is -0.505 e. The Kier molecular flexibility index (Phi) is 3.38. The van der Waals surface area contributed by atoms with Crippen molar-refractivity contribution in [2.75, 3.05) is 5.32 Å². The van der Waals surface area contributed by atoms with Gasteiger partial charge in [-0.15, -0.1) is 0 Å². The van der Waals surface area contributed by atoms with Crippen molar-refractivity contribution < 1.29 is 5.11 Å². The number of hydrogen-bond acceptors (Lipinski definition) is 2. The molecule has 0 aliphatic carbocycles. The molecule has 3 rings (SSSR count). The zero-order valence-corrected chi connectivity index (χ0v) is 11.0. The van der Waals surface area contributed by atoms with Gasteiger partial charge >= 0.3 is 0 Å². The van der Waals surface area contributed by atoms with Crippen LogP contribution >= 0.6 is 0 Å². The fourth-order valence-electron chi connectivity index (χ4n) is 2.17. The van der Waals surface area contributed by atoms with E-state index in [1.54, 1.807) is 0 Å². The highest BCUT2D eigenvalue weighted by molar-refractivity contribution is 5.79. The van der Waals surface area contributed by atoms with Gasteiger partial charge in [0.1, 0.15) is 5.75 Å². The highest BCUT2D eigenvalue weighted by atomic mass is 16.3. The van der Waals surface area contributed by atoms with Gasteiger partial charge in [-0.05, 0) is 23.8 Å². The Morgan fingerprint density at radius 2 is 1.30 bits per heavy atom. The van der Waals surface area contributed by atoms with Crippen molar-refractivity contribution in [2.24, 2.45) is 0 Å². The van der Waals surface area contributed by atoms with Gasteiger partial charge in [0.2, 0.25) is 0 Å². The van der Waals surface area contributed by atoms with Crippen LogP contribution in [0.15, 0.2) is 78.9 Å². The van der Waals surface area contributed by atoms with E-state index >= 15 is 0 Å². The van der Waals surface area contributed by atoms with E-state index in [4.69, 9.17) is 0 Å². The van der Waals surface area contributed by atoms with Crippen LogP contribution in [-0.2, 0) is 0 Å². The number of anilines is 2. The molecule has 0 aliphatic rings. The molecule has 0 spiro atoms. The number of benzene rings is 3. The fourth-order valence-corrected chi connectivity index (χ4v) is 2.17. The van der Waals surface area contributed by atoms with Gasteiger partial charge in [0, 0.05) is 11.3 Å². The molecule has 20 heavy (non-hydrogen) atoms. The Morgan fingerprint density at radius 3 is 2.00 bits per heavy atom. The first-order valence-corrected chi connectivity index (χ1v) is 6.54. The van der Waals surface area contributed by atoms with Gasteiger partial charge < -0.3 is 10.4 Å². The zero-order chi connectivity index (χ0) is 13.8. The number of rotatable bonds is 3. The molecule has 2 heteroatoms. The van der Waals surface area contributed by atoms with Crippen LogP contribution in [0.5, 0.6) is 5.75 Å². The molecule has 0 atom stereocenters. The molecule has 0 saturated heterocycles. The lowest BCUT2D eigenvalue weighted by atomic mass is 10.0. The van der Waals surface area contributed by atoms with Crippen LogP contribution in [0.1, 0.15) is 0 Å². The predicted octanol–water partition coefficient (Wildman–Crippen LogP) is 4.80. The van der Waals surface area contributed by atoms with Crippen molar-refractivity contribution >= 4 is 11.4 Å². The molecule has 2 N–H and O–H groups in total. The Labute approximate surface area is 118 Å². The maximum atomic E-state index is 10.4. The molecule has 0 bridgehead atoms. The summed E-state index contributed by atoms with van der Waals surface area (Å²) < 4.78 is 0. The lowest BCUT2D eigenvalue weighted by Gasteiger charge is -2.12. The van der Waals surface area contributed by atoms with Gasteiger partial charge in [-0.25, -0.2) is 0 Å². The Bertz CT molecular complexity index is 693. The molecule has 0 saturated carbocycles. The highest BCUT2D eigenvalue weighted by Gasteiger charge is 2.08. The standard InChI is InChI=1S/C18H15NO/c20-18-16(14-8-3-1-4-9-14)12-7-13-17(18)19-15-10-5-2-6-11-15/h1-13,19-20H. The smallest absolute Gasteiger partial charge is 0.146 e. The largest absolute Gasteiger partial charge is 0.505 e. The van der Waals surface area contributed by atoms with Gasteiger partial charge in [0.05, 0.1) is 5.69 Å². The van der Waals surface area contributed by atoms with E-state index in [2.05, 4.69) is 5.32 Å². The van der Waals surface area contributed by atoms with Crippen LogP contribution in [0.2, 0.25) is 0 Å². The van der Waals surface area contributed by atoms with Gasteiger partial charge in [0.25, 0.3) is 0 Å².